The molecule has 94 valence electrons. The fourth-order valence-corrected chi connectivity index (χ4v) is 2.36. The van der Waals surface area contributed by atoms with E-state index in [-0.39, 0.29) is 5.92 Å². The summed E-state index contributed by atoms with van der Waals surface area (Å²) in [6.45, 7) is 1.99. The zero-order valence-corrected chi connectivity index (χ0v) is 12.8. The normalized spacial score (nSPS) is 14.2. The maximum atomic E-state index is 10.4. The fraction of sp³-hybridized carbons (Fsp3) is 0.214. The van der Waals surface area contributed by atoms with E-state index >= 15 is 0 Å². The second kappa shape index (κ2) is 5.99. The van der Waals surface area contributed by atoms with E-state index in [0.717, 1.165) is 14.7 Å². The average Bonchev–Trinajstić information content (AvgIpc) is 2.41. The average molecular weight is 374 g/mol. The van der Waals surface area contributed by atoms with E-state index in [1.807, 2.05) is 37.3 Å². The van der Waals surface area contributed by atoms with Crippen molar-refractivity contribution < 1.29 is 5.11 Å². The van der Waals surface area contributed by atoms with Gasteiger partial charge in [0.05, 0.1) is 11.1 Å². The molecule has 0 aliphatic carbocycles. The van der Waals surface area contributed by atoms with E-state index in [1.54, 1.807) is 12.4 Å². The smallest absolute Gasteiger partial charge is 0.0856 e. The summed E-state index contributed by atoms with van der Waals surface area (Å²) in [6, 6.07) is 9.49. The predicted molar refractivity (Wildman–Crippen MR) is 81.8 cm³/mol. The Kier molecular flexibility index (Phi) is 4.59. The number of aliphatic hydroxyl groups is 1. The van der Waals surface area contributed by atoms with Crippen LogP contribution in [0, 0.1) is 3.57 Å². The van der Waals surface area contributed by atoms with Crippen LogP contribution in [0.1, 0.15) is 30.1 Å². The van der Waals surface area contributed by atoms with E-state index in [2.05, 4.69) is 27.6 Å². The molecule has 0 bridgehead atoms. The Bertz CT molecular complexity index is 533. The van der Waals surface area contributed by atoms with Crippen LogP contribution in [0.5, 0.6) is 0 Å². The molecule has 0 fully saturated rings. The molecular weight excluding hydrogens is 361 g/mol. The maximum absolute atomic E-state index is 10.4. The summed E-state index contributed by atoms with van der Waals surface area (Å²) in [4.78, 5) is 3.98. The predicted octanol–water partition coefficient (Wildman–Crippen LogP) is 4.18. The van der Waals surface area contributed by atoms with Crippen molar-refractivity contribution in [2.75, 3.05) is 0 Å². The summed E-state index contributed by atoms with van der Waals surface area (Å²) < 4.78 is 0.988. The van der Waals surface area contributed by atoms with Gasteiger partial charge in [0.2, 0.25) is 0 Å². The van der Waals surface area contributed by atoms with Gasteiger partial charge in [0.25, 0.3) is 0 Å². The molecule has 2 nitrogen and oxygen atoms in total. The Morgan fingerprint density at radius 3 is 2.44 bits per heavy atom. The summed E-state index contributed by atoms with van der Waals surface area (Å²) in [6.07, 6.45) is 2.90. The van der Waals surface area contributed by atoms with Crippen molar-refractivity contribution in [3.8, 4) is 0 Å². The number of aliphatic hydroxyl groups excluding tert-OH is 1. The highest BCUT2D eigenvalue weighted by atomic mass is 127. The first-order valence-electron chi connectivity index (χ1n) is 5.62. The standard InChI is InChI=1S/C14H13ClINO/c1-9(10-4-6-17-7-5-10)14(18)11-2-3-13(16)12(15)8-11/h2-9,14,18H,1H3. The molecule has 1 aromatic heterocycles. The third kappa shape index (κ3) is 3.02. The van der Waals surface area contributed by atoms with Gasteiger partial charge in [0, 0.05) is 21.9 Å². The van der Waals surface area contributed by atoms with Gasteiger partial charge in [-0.3, -0.25) is 4.98 Å². The van der Waals surface area contributed by atoms with Gasteiger partial charge in [-0.05, 0) is 58.0 Å². The van der Waals surface area contributed by atoms with Crippen LogP contribution in [0.25, 0.3) is 0 Å². The molecule has 1 N–H and O–H groups in total. The number of halogens is 2. The van der Waals surface area contributed by atoms with Crippen molar-refractivity contribution in [2.24, 2.45) is 0 Å². The van der Waals surface area contributed by atoms with Crippen LogP contribution in [-0.4, -0.2) is 10.1 Å². The lowest BCUT2D eigenvalue weighted by Crippen LogP contribution is -2.07. The minimum absolute atomic E-state index is 0.00382. The Labute approximate surface area is 125 Å². The summed E-state index contributed by atoms with van der Waals surface area (Å²) >= 11 is 8.25. The summed E-state index contributed by atoms with van der Waals surface area (Å²) in [7, 11) is 0. The first-order chi connectivity index (χ1) is 8.59. The Hall–Kier alpha value is -0.650. The zero-order chi connectivity index (χ0) is 13.1. The Morgan fingerprint density at radius 2 is 1.83 bits per heavy atom. The molecular formula is C14H13ClINO. The van der Waals surface area contributed by atoms with Gasteiger partial charge in [-0.15, -0.1) is 0 Å². The number of aromatic nitrogens is 1. The second-order valence-electron chi connectivity index (χ2n) is 4.19. The van der Waals surface area contributed by atoms with Gasteiger partial charge in [-0.2, -0.15) is 0 Å². The number of pyridine rings is 1. The van der Waals surface area contributed by atoms with Gasteiger partial charge in [-0.1, -0.05) is 24.6 Å². The molecule has 18 heavy (non-hydrogen) atoms. The van der Waals surface area contributed by atoms with Crippen LogP contribution in [0.15, 0.2) is 42.7 Å². The van der Waals surface area contributed by atoms with E-state index in [4.69, 9.17) is 11.6 Å². The van der Waals surface area contributed by atoms with E-state index in [1.165, 1.54) is 0 Å². The second-order valence-corrected chi connectivity index (χ2v) is 5.76. The fourth-order valence-electron chi connectivity index (χ4n) is 1.83. The van der Waals surface area contributed by atoms with Crippen molar-refractivity contribution in [1.29, 1.82) is 0 Å². The van der Waals surface area contributed by atoms with Crippen molar-refractivity contribution in [3.63, 3.8) is 0 Å². The molecule has 0 amide bonds. The van der Waals surface area contributed by atoms with Gasteiger partial charge in [0.15, 0.2) is 0 Å². The molecule has 2 aromatic rings. The minimum atomic E-state index is -0.568. The third-order valence-electron chi connectivity index (χ3n) is 2.99. The highest BCUT2D eigenvalue weighted by Crippen LogP contribution is 2.32. The van der Waals surface area contributed by atoms with Crippen molar-refractivity contribution >= 4 is 34.2 Å². The van der Waals surface area contributed by atoms with Gasteiger partial charge in [-0.25, -0.2) is 0 Å². The lowest BCUT2D eigenvalue weighted by atomic mass is 9.91. The molecule has 4 heteroatoms. The first-order valence-corrected chi connectivity index (χ1v) is 7.08. The van der Waals surface area contributed by atoms with E-state index in [0.29, 0.717) is 5.02 Å². The van der Waals surface area contributed by atoms with E-state index < -0.39 is 6.10 Å². The molecule has 2 atom stereocenters. The van der Waals surface area contributed by atoms with E-state index in [9.17, 15) is 5.11 Å². The van der Waals surface area contributed by atoms with Gasteiger partial charge < -0.3 is 5.11 Å². The molecule has 2 unspecified atom stereocenters. The highest BCUT2D eigenvalue weighted by molar-refractivity contribution is 14.1. The van der Waals surface area contributed by atoms with Gasteiger partial charge in [0.1, 0.15) is 0 Å². The summed E-state index contributed by atoms with van der Waals surface area (Å²) in [5, 5.41) is 11.1. The first kappa shape index (κ1) is 13.8. The quantitative estimate of drug-likeness (QED) is 0.819. The zero-order valence-electron chi connectivity index (χ0n) is 9.85. The lowest BCUT2D eigenvalue weighted by molar-refractivity contribution is 0.151. The largest absolute Gasteiger partial charge is 0.388 e. The molecule has 0 saturated heterocycles. The monoisotopic (exact) mass is 373 g/mol. The van der Waals surface area contributed by atoms with Crippen LogP contribution in [-0.2, 0) is 0 Å². The molecule has 0 spiro atoms. The van der Waals surface area contributed by atoms with Crippen molar-refractivity contribution in [1.82, 2.24) is 4.98 Å². The lowest BCUT2D eigenvalue weighted by Gasteiger charge is -2.20. The van der Waals surface area contributed by atoms with Crippen molar-refractivity contribution in [2.45, 2.75) is 18.9 Å². The topological polar surface area (TPSA) is 33.1 Å². The molecule has 0 radical (unpaired) electrons. The SMILES string of the molecule is CC(c1ccncc1)C(O)c1ccc(I)c(Cl)c1. The molecule has 0 aliphatic rings. The molecule has 1 heterocycles. The maximum Gasteiger partial charge on any atom is 0.0856 e. The van der Waals surface area contributed by atoms with Crippen LogP contribution in [0.2, 0.25) is 5.02 Å². The summed E-state index contributed by atoms with van der Waals surface area (Å²) in [5.41, 5.74) is 1.90. The molecule has 0 saturated carbocycles. The Morgan fingerprint density at radius 1 is 1.17 bits per heavy atom. The highest BCUT2D eigenvalue weighted by Gasteiger charge is 2.18. The van der Waals surface area contributed by atoms with Crippen LogP contribution >= 0.6 is 34.2 Å². The molecule has 2 rings (SSSR count). The third-order valence-corrected chi connectivity index (χ3v) is 4.56. The number of hydrogen-bond donors (Lipinski definition) is 1. The van der Waals surface area contributed by atoms with Gasteiger partial charge >= 0.3 is 0 Å². The van der Waals surface area contributed by atoms with Crippen LogP contribution in [0.4, 0.5) is 0 Å². The minimum Gasteiger partial charge on any atom is -0.388 e. The van der Waals surface area contributed by atoms with Crippen LogP contribution < -0.4 is 0 Å². The number of rotatable bonds is 3. The Balaban J connectivity index is 2.25. The number of hydrogen-bond acceptors (Lipinski definition) is 2. The summed E-state index contributed by atoms with van der Waals surface area (Å²) in [5.74, 6) is 0.00382. The van der Waals surface area contributed by atoms with Crippen molar-refractivity contribution in [3.05, 3.63) is 62.4 Å². The van der Waals surface area contributed by atoms with Crippen LogP contribution in [0.3, 0.4) is 0 Å². The number of benzene rings is 1. The molecule has 1 aromatic carbocycles. The number of nitrogens with zero attached hydrogens (tertiary/aromatic N) is 1. The molecule has 0 aliphatic heterocycles.